The van der Waals surface area contributed by atoms with Crippen molar-refractivity contribution in [1.29, 1.82) is 5.26 Å². The minimum atomic E-state index is -0.549. The monoisotopic (exact) mass is 274 g/mol. The molecule has 2 aliphatic heterocycles. The Bertz CT molecular complexity index is 584. The van der Waals surface area contributed by atoms with Crippen molar-refractivity contribution in [3.05, 3.63) is 27.9 Å². The second kappa shape index (κ2) is 4.72. The first-order valence-corrected chi connectivity index (χ1v) is 6.61. The molecule has 104 valence electrons. The third kappa shape index (κ3) is 1.98. The van der Waals surface area contributed by atoms with E-state index in [1.54, 1.807) is 0 Å². The highest BCUT2D eigenvalue weighted by Gasteiger charge is 2.41. The van der Waals surface area contributed by atoms with E-state index in [2.05, 4.69) is 9.88 Å². The fraction of sp³-hybridized carbons (Fsp3) is 0.538. The van der Waals surface area contributed by atoms with E-state index < -0.39 is 4.92 Å². The van der Waals surface area contributed by atoms with E-state index in [4.69, 9.17) is 0 Å². The zero-order chi connectivity index (χ0) is 14.3. The first-order valence-electron chi connectivity index (χ1n) is 6.61. The summed E-state index contributed by atoms with van der Waals surface area (Å²) in [5.41, 5.74) is 0.0576. The Morgan fingerprint density at radius 3 is 2.65 bits per heavy atom. The second-order valence-electron chi connectivity index (χ2n) is 5.35. The molecule has 20 heavy (non-hydrogen) atoms. The number of hydrogen-bond donors (Lipinski definition) is 1. The molecule has 2 saturated heterocycles. The van der Waals surface area contributed by atoms with E-state index in [0.29, 0.717) is 18.7 Å². The summed E-state index contributed by atoms with van der Waals surface area (Å²) in [5.74, 6) is 0.512. The smallest absolute Gasteiger partial charge is 0.289 e. The van der Waals surface area contributed by atoms with Gasteiger partial charge in [-0.15, -0.1) is 0 Å². The predicted molar refractivity (Wildman–Crippen MR) is 70.1 cm³/mol. The highest BCUT2D eigenvalue weighted by atomic mass is 16.6. The number of nitriles is 1. The van der Waals surface area contributed by atoms with Crippen LogP contribution in [0.15, 0.2) is 12.3 Å². The van der Waals surface area contributed by atoms with Gasteiger partial charge in [-0.2, -0.15) is 5.26 Å². The van der Waals surface area contributed by atoms with Crippen molar-refractivity contribution in [2.24, 2.45) is 0 Å². The SMILES string of the molecule is N#Cc1cc([N+](=O)[O-])cnc1N1C2CCC1CC(O)C2. The van der Waals surface area contributed by atoms with Gasteiger partial charge in [0.1, 0.15) is 23.6 Å². The van der Waals surface area contributed by atoms with Crippen molar-refractivity contribution in [2.45, 2.75) is 43.9 Å². The number of fused-ring (bicyclic) bond motifs is 2. The molecule has 2 unspecified atom stereocenters. The van der Waals surface area contributed by atoms with Crippen LogP contribution in [-0.4, -0.2) is 33.2 Å². The van der Waals surface area contributed by atoms with Gasteiger partial charge in [0.2, 0.25) is 0 Å². The summed E-state index contributed by atoms with van der Waals surface area (Å²) in [5, 5.41) is 29.8. The molecular weight excluding hydrogens is 260 g/mol. The van der Waals surface area contributed by atoms with Crippen molar-refractivity contribution in [3.8, 4) is 6.07 Å². The van der Waals surface area contributed by atoms with Crippen LogP contribution in [0.25, 0.3) is 0 Å². The Morgan fingerprint density at radius 2 is 2.10 bits per heavy atom. The van der Waals surface area contributed by atoms with Gasteiger partial charge in [-0.05, 0) is 25.7 Å². The van der Waals surface area contributed by atoms with Crippen LogP contribution in [0.4, 0.5) is 11.5 Å². The number of nitro groups is 1. The lowest BCUT2D eigenvalue weighted by molar-refractivity contribution is -0.385. The van der Waals surface area contributed by atoms with Gasteiger partial charge in [0.25, 0.3) is 5.69 Å². The van der Waals surface area contributed by atoms with Crippen LogP contribution in [-0.2, 0) is 0 Å². The van der Waals surface area contributed by atoms with Gasteiger partial charge in [-0.25, -0.2) is 4.98 Å². The van der Waals surface area contributed by atoms with Gasteiger partial charge >= 0.3 is 0 Å². The molecule has 2 atom stereocenters. The van der Waals surface area contributed by atoms with Gasteiger partial charge < -0.3 is 10.0 Å². The third-order valence-corrected chi connectivity index (χ3v) is 4.14. The van der Waals surface area contributed by atoms with Gasteiger partial charge in [0.05, 0.1) is 11.0 Å². The molecule has 7 heteroatoms. The molecule has 3 heterocycles. The summed E-state index contributed by atoms with van der Waals surface area (Å²) in [4.78, 5) is 16.4. The van der Waals surface area contributed by atoms with Crippen LogP contribution in [0.5, 0.6) is 0 Å². The molecule has 2 aliphatic rings. The largest absolute Gasteiger partial charge is 0.393 e. The second-order valence-corrected chi connectivity index (χ2v) is 5.35. The van der Waals surface area contributed by atoms with Crippen LogP contribution in [0, 0.1) is 21.4 Å². The standard InChI is InChI=1S/C13H14N4O3/c14-6-8-3-11(17(19)20)7-15-13(8)16-9-1-2-10(16)5-12(18)4-9/h3,7,9-10,12,18H,1-2,4-5H2. The normalized spacial score (nSPS) is 28.2. The highest BCUT2D eigenvalue weighted by Crippen LogP contribution is 2.40. The number of aromatic nitrogens is 1. The number of anilines is 1. The van der Waals surface area contributed by atoms with Gasteiger partial charge in [-0.3, -0.25) is 10.1 Å². The molecule has 0 aromatic carbocycles. The fourth-order valence-corrected chi connectivity index (χ4v) is 3.33. The van der Waals surface area contributed by atoms with E-state index in [1.165, 1.54) is 12.3 Å². The topological polar surface area (TPSA) is 103 Å². The molecule has 3 rings (SSSR count). The number of hydrogen-bond acceptors (Lipinski definition) is 6. The van der Waals surface area contributed by atoms with Crippen LogP contribution >= 0.6 is 0 Å². The fourth-order valence-electron chi connectivity index (χ4n) is 3.33. The summed E-state index contributed by atoms with van der Waals surface area (Å²) < 4.78 is 0. The Kier molecular flexibility index (Phi) is 3.03. The van der Waals surface area contributed by atoms with Gasteiger partial charge in [0.15, 0.2) is 0 Å². The Morgan fingerprint density at radius 1 is 1.45 bits per heavy atom. The van der Waals surface area contributed by atoms with Gasteiger partial charge in [-0.1, -0.05) is 0 Å². The molecule has 0 spiro atoms. The molecule has 0 amide bonds. The van der Waals surface area contributed by atoms with E-state index in [1.807, 2.05) is 6.07 Å². The third-order valence-electron chi connectivity index (χ3n) is 4.14. The summed E-state index contributed by atoms with van der Waals surface area (Å²) in [6, 6.07) is 3.61. The number of aliphatic hydroxyl groups is 1. The molecule has 1 aromatic rings. The van der Waals surface area contributed by atoms with Crippen molar-refractivity contribution in [2.75, 3.05) is 4.90 Å². The van der Waals surface area contributed by atoms with Crippen molar-refractivity contribution in [1.82, 2.24) is 4.98 Å². The molecule has 1 N–H and O–H groups in total. The predicted octanol–water partition coefficient (Wildman–Crippen LogP) is 1.35. The summed E-state index contributed by atoms with van der Waals surface area (Å²) in [6.07, 6.45) is 4.16. The molecule has 1 aromatic heterocycles. The van der Waals surface area contributed by atoms with Crippen molar-refractivity contribution in [3.63, 3.8) is 0 Å². The van der Waals surface area contributed by atoms with Crippen molar-refractivity contribution < 1.29 is 10.0 Å². The Labute approximate surface area is 115 Å². The summed E-state index contributed by atoms with van der Waals surface area (Å²) in [7, 11) is 0. The molecule has 2 fully saturated rings. The number of piperidine rings is 1. The summed E-state index contributed by atoms with van der Waals surface area (Å²) in [6.45, 7) is 0. The lowest BCUT2D eigenvalue weighted by Crippen LogP contribution is -2.45. The molecule has 0 saturated carbocycles. The van der Waals surface area contributed by atoms with Crippen LogP contribution in [0.1, 0.15) is 31.2 Å². The van der Waals surface area contributed by atoms with Crippen LogP contribution < -0.4 is 4.90 Å². The maximum absolute atomic E-state index is 10.8. The average Bonchev–Trinajstić information content (AvgIpc) is 2.69. The minimum Gasteiger partial charge on any atom is -0.393 e. The molecule has 0 aliphatic carbocycles. The maximum Gasteiger partial charge on any atom is 0.289 e. The van der Waals surface area contributed by atoms with Crippen LogP contribution in [0.3, 0.4) is 0 Å². The van der Waals surface area contributed by atoms with E-state index in [9.17, 15) is 20.5 Å². The van der Waals surface area contributed by atoms with E-state index in [-0.39, 0.29) is 29.4 Å². The van der Waals surface area contributed by atoms with E-state index in [0.717, 1.165) is 12.8 Å². The first-order chi connectivity index (χ1) is 9.60. The molecular formula is C13H14N4O3. The number of aliphatic hydroxyl groups excluding tert-OH is 1. The maximum atomic E-state index is 10.8. The molecule has 2 bridgehead atoms. The quantitative estimate of drug-likeness (QED) is 0.645. The number of pyridine rings is 1. The Hall–Kier alpha value is -2.20. The highest BCUT2D eigenvalue weighted by molar-refractivity contribution is 5.59. The molecule has 7 nitrogen and oxygen atoms in total. The van der Waals surface area contributed by atoms with Gasteiger partial charge in [0, 0.05) is 18.2 Å². The zero-order valence-electron chi connectivity index (χ0n) is 10.8. The van der Waals surface area contributed by atoms with E-state index >= 15 is 0 Å². The lowest BCUT2D eigenvalue weighted by atomic mass is 9.99. The summed E-state index contributed by atoms with van der Waals surface area (Å²) >= 11 is 0. The lowest BCUT2D eigenvalue weighted by Gasteiger charge is -2.38. The average molecular weight is 274 g/mol. The molecule has 0 radical (unpaired) electrons. The first kappa shape index (κ1) is 12.8. The number of nitrogens with zero attached hydrogens (tertiary/aromatic N) is 4. The zero-order valence-corrected chi connectivity index (χ0v) is 10.8. The minimum absolute atomic E-state index is 0.171. The van der Waals surface area contributed by atoms with Crippen LogP contribution in [0.2, 0.25) is 0 Å². The number of rotatable bonds is 2. The Balaban J connectivity index is 1.99. The van der Waals surface area contributed by atoms with Crippen molar-refractivity contribution >= 4 is 11.5 Å².